The third-order valence-corrected chi connectivity index (χ3v) is 6.94. The minimum absolute atomic E-state index is 0.0498. The Labute approximate surface area is 221 Å². The van der Waals surface area contributed by atoms with E-state index in [0.717, 1.165) is 33.7 Å². The number of pyridine rings is 2. The van der Waals surface area contributed by atoms with Crippen molar-refractivity contribution in [1.82, 2.24) is 19.9 Å². The highest BCUT2D eigenvalue weighted by Crippen LogP contribution is 2.28. The average molecular weight is 553 g/mol. The van der Waals surface area contributed by atoms with E-state index in [9.17, 15) is 23.6 Å². The standard InChI is InChI=1S/C24H27ClF2N6O3S/c1-23(2,3)15-37-17-7-6-9-28-16(17)11-29-20(34)13-32-19(25)12-30-21(22(32)35)31-14-24(26,27)18-8-4-5-10-33(18)36/h4-10,12H,11,13-15H2,1-3H3,(H,29,34)(H,30,31). The third-order valence-electron chi connectivity index (χ3n) is 4.95. The smallest absolute Gasteiger partial charge is 0.347 e. The van der Waals surface area contributed by atoms with Crippen LogP contribution in [0.25, 0.3) is 0 Å². The lowest BCUT2D eigenvalue weighted by atomic mass is 10.0. The van der Waals surface area contributed by atoms with Gasteiger partial charge in [-0.25, -0.2) is 4.98 Å². The predicted octanol–water partition coefficient (Wildman–Crippen LogP) is 3.58. The molecule has 3 aromatic heterocycles. The maximum Gasteiger partial charge on any atom is 0.347 e. The number of halogens is 3. The van der Waals surface area contributed by atoms with Gasteiger partial charge in [-0.15, -0.1) is 11.8 Å². The maximum absolute atomic E-state index is 14.5. The molecule has 37 heavy (non-hydrogen) atoms. The summed E-state index contributed by atoms with van der Waals surface area (Å²) in [6, 6.07) is 7.36. The number of carbonyl (C=O) groups excluding carboxylic acids is 1. The Hall–Kier alpha value is -3.25. The molecule has 3 heterocycles. The molecule has 3 rings (SSSR count). The first kappa shape index (κ1) is 28.3. The van der Waals surface area contributed by atoms with E-state index in [0.29, 0.717) is 5.69 Å². The number of alkyl halides is 2. The van der Waals surface area contributed by atoms with Crippen LogP contribution >= 0.6 is 23.4 Å². The molecule has 0 aliphatic rings. The van der Waals surface area contributed by atoms with Gasteiger partial charge in [-0.2, -0.15) is 13.5 Å². The monoisotopic (exact) mass is 552 g/mol. The summed E-state index contributed by atoms with van der Waals surface area (Å²) >= 11 is 7.70. The maximum atomic E-state index is 14.5. The summed E-state index contributed by atoms with van der Waals surface area (Å²) in [6.07, 6.45) is 3.66. The molecular weight excluding hydrogens is 526 g/mol. The van der Waals surface area contributed by atoms with E-state index in [2.05, 4.69) is 41.4 Å². The average Bonchev–Trinajstić information content (AvgIpc) is 2.83. The van der Waals surface area contributed by atoms with Crippen LogP contribution < -0.4 is 20.9 Å². The van der Waals surface area contributed by atoms with Crippen LogP contribution in [0.15, 0.2) is 58.6 Å². The second-order valence-electron chi connectivity index (χ2n) is 9.36. The molecule has 0 fully saturated rings. The molecule has 0 aromatic carbocycles. The Bertz CT molecular complexity index is 1320. The van der Waals surface area contributed by atoms with Gasteiger partial charge in [0.15, 0.2) is 12.0 Å². The van der Waals surface area contributed by atoms with Crippen molar-refractivity contribution in [1.29, 1.82) is 0 Å². The van der Waals surface area contributed by atoms with E-state index < -0.39 is 42.0 Å². The number of carbonyl (C=O) groups is 1. The van der Waals surface area contributed by atoms with Crippen LogP contribution in [-0.4, -0.2) is 32.7 Å². The Morgan fingerprint density at radius 1 is 1.22 bits per heavy atom. The first-order chi connectivity index (χ1) is 17.4. The SMILES string of the molecule is CC(C)(C)CSc1cccnc1CNC(=O)Cn1c(Cl)cnc(NCC(F)(F)c2cccc[n+]2[O-])c1=O. The molecule has 0 aliphatic heterocycles. The Morgan fingerprint density at radius 2 is 1.97 bits per heavy atom. The predicted molar refractivity (Wildman–Crippen MR) is 138 cm³/mol. The van der Waals surface area contributed by atoms with Crippen molar-refractivity contribution in [2.24, 2.45) is 5.41 Å². The molecule has 0 saturated heterocycles. The highest BCUT2D eigenvalue weighted by Gasteiger charge is 2.39. The third kappa shape index (κ3) is 7.86. The second-order valence-corrected chi connectivity index (χ2v) is 10.8. The quantitative estimate of drug-likeness (QED) is 0.224. The Balaban J connectivity index is 1.67. The van der Waals surface area contributed by atoms with Crippen molar-refractivity contribution in [3.8, 4) is 0 Å². The first-order valence-electron chi connectivity index (χ1n) is 11.3. The van der Waals surface area contributed by atoms with Gasteiger partial charge in [0, 0.05) is 29.0 Å². The van der Waals surface area contributed by atoms with Crippen LogP contribution in [0.3, 0.4) is 0 Å². The van der Waals surface area contributed by atoms with E-state index in [-0.39, 0.29) is 21.8 Å². The summed E-state index contributed by atoms with van der Waals surface area (Å²) in [5.74, 6) is -3.70. The van der Waals surface area contributed by atoms with Crippen LogP contribution in [0.2, 0.25) is 5.15 Å². The number of rotatable bonds is 10. The summed E-state index contributed by atoms with van der Waals surface area (Å²) in [5.41, 5.74) is -0.862. The first-order valence-corrected chi connectivity index (χ1v) is 12.6. The number of hydrogen-bond acceptors (Lipinski definition) is 7. The van der Waals surface area contributed by atoms with Crippen molar-refractivity contribution in [3.05, 3.63) is 81.0 Å². The lowest BCUT2D eigenvalue weighted by Gasteiger charge is -2.18. The van der Waals surface area contributed by atoms with Crippen molar-refractivity contribution in [2.45, 2.75) is 44.7 Å². The van der Waals surface area contributed by atoms with E-state index in [4.69, 9.17) is 11.6 Å². The summed E-state index contributed by atoms with van der Waals surface area (Å²) in [7, 11) is 0. The molecule has 9 nitrogen and oxygen atoms in total. The number of amides is 1. The zero-order valence-electron chi connectivity index (χ0n) is 20.5. The van der Waals surface area contributed by atoms with Gasteiger partial charge >= 0.3 is 5.92 Å². The summed E-state index contributed by atoms with van der Waals surface area (Å²) < 4.78 is 30.0. The number of nitrogens with one attached hydrogen (secondary N) is 2. The molecule has 0 bridgehead atoms. The normalized spacial score (nSPS) is 11.8. The summed E-state index contributed by atoms with van der Waals surface area (Å²) in [6.45, 7) is 4.99. The highest BCUT2D eigenvalue weighted by atomic mass is 35.5. The van der Waals surface area contributed by atoms with Crippen molar-refractivity contribution in [3.63, 3.8) is 0 Å². The van der Waals surface area contributed by atoms with Gasteiger partial charge in [-0.1, -0.05) is 32.4 Å². The van der Waals surface area contributed by atoms with E-state index in [1.54, 1.807) is 18.0 Å². The molecule has 0 unspecified atom stereocenters. The number of aromatic nitrogens is 4. The summed E-state index contributed by atoms with van der Waals surface area (Å²) in [5, 5.41) is 16.5. The van der Waals surface area contributed by atoms with Gasteiger partial charge in [0.1, 0.15) is 11.7 Å². The molecule has 0 spiro atoms. The lowest BCUT2D eigenvalue weighted by Crippen LogP contribution is -2.41. The zero-order chi connectivity index (χ0) is 27.2. The van der Waals surface area contributed by atoms with Crippen molar-refractivity contribution >= 4 is 35.1 Å². The minimum Gasteiger partial charge on any atom is -0.618 e. The molecule has 0 saturated carbocycles. The number of thioether (sulfide) groups is 1. The fourth-order valence-corrected chi connectivity index (χ4v) is 4.34. The second kappa shape index (κ2) is 11.9. The molecule has 0 atom stereocenters. The van der Waals surface area contributed by atoms with Crippen LogP contribution in [0.1, 0.15) is 32.2 Å². The van der Waals surface area contributed by atoms with Gasteiger partial charge in [0.25, 0.3) is 11.3 Å². The molecule has 198 valence electrons. The molecule has 1 amide bonds. The van der Waals surface area contributed by atoms with Gasteiger partial charge in [-0.05, 0) is 23.6 Å². The molecule has 0 aliphatic carbocycles. The lowest BCUT2D eigenvalue weighted by molar-refractivity contribution is -0.624. The fraction of sp³-hybridized carbons (Fsp3) is 0.375. The molecule has 3 aromatic rings. The fourth-order valence-electron chi connectivity index (χ4n) is 3.10. The number of anilines is 1. The number of nitrogens with zero attached hydrogens (tertiary/aromatic N) is 4. The molecule has 0 radical (unpaired) electrons. The minimum atomic E-state index is -3.59. The van der Waals surface area contributed by atoms with Crippen LogP contribution in [-0.2, 0) is 23.8 Å². The molecular formula is C24H27ClF2N6O3S. The van der Waals surface area contributed by atoms with Crippen LogP contribution in [0.5, 0.6) is 0 Å². The van der Waals surface area contributed by atoms with Gasteiger partial charge < -0.3 is 15.8 Å². The largest absolute Gasteiger partial charge is 0.618 e. The van der Waals surface area contributed by atoms with E-state index in [1.807, 2.05) is 12.1 Å². The van der Waals surface area contributed by atoms with Gasteiger partial charge in [-0.3, -0.25) is 19.1 Å². The van der Waals surface area contributed by atoms with Crippen LogP contribution in [0.4, 0.5) is 14.6 Å². The van der Waals surface area contributed by atoms with Crippen LogP contribution in [0, 0.1) is 10.6 Å². The molecule has 13 heteroatoms. The molecule has 2 N–H and O–H groups in total. The highest BCUT2D eigenvalue weighted by molar-refractivity contribution is 7.99. The van der Waals surface area contributed by atoms with Gasteiger partial charge in [0.2, 0.25) is 5.91 Å². The Kier molecular flexibility index (Phi) is 9.08. The van der Waals surface area contributed by atoms with Crippen molar-refractivity contribution in [2.75, 3.05) is 17.6 Å². The van der Waals surface area contributed by atoms with E-state index >= 15 is 0 Å². The zero-order valence-corrected chi connectivity index (χ0v) is 22.1. The summed E-state index contributed by atoms with van der Waals surface area (Å²) in [4.78, 5) is 34.5. The van der Waals surface area contributed by atoms with E-state index in [1.165, 1.54) is 12.1 Å². The number of hydrogen-bond donors (Lipinski definition) is 2. The van der Waals surface area contributed by atoms with Gasteiger partial charge in [0.05, 0.1) is 25.0 Å². The topological polar surface area (TPSA) is 116 Å². The Morgan fingerprint density at radius 3 is 2.68 bits per heavy atom. The van der Waals surface area contributed by atoms with Crippen molar-refractivity contribution < 1.29 is 18.3 Å².